The average Bonchev–Trinajstić information content (AvgIpc) is 2.98. The molecule has 0 spiro atoms. The lowest BCUT2D eigenvalue weighted by Gasteiger charge is -2.22. The molecule has 0 unspecified atom stereocenters. The van der Waals surface area contributed by atoms with Gasteiger partial charge in [0.25, 0.3) is 0 Å². The Hall–Kier alpha value is -2.09. The Bertz CT molecular complexity index is 614. The van der Waals surface area contributed by atoms with E-state index in [-0.39, 0.29) is 6.54 Å². The summed E-state index contributed by atoms with van der Waals surface area (Å²) in [5, 5.41) is 4.03. The molecule has 5 nitrogen and oxygen atoms in total. The molecule has 0 N–H and O–H groups in total. The van der Waals surface area contributed by atoms with Gasteiger partial charge in [-0.15, -0.1) is 0 Å². The van der Waals surface area contributed by atoms with Crippen LogP contribution in [0.3, 0.4) is 0 Å². The lowest BCUT2D eigenvalue weighted by molar-refractivity contribution is -0.146. The lowest BCUT2D eigenvalue weighted by atomic mass is 10.1. The molecule has 2 rings (SSSR count). The van der Waals surface area contributed by atoms with Crippen molar-refractivity contribution in [3.05, 3.63) is 42.0 Å². The maximum absolute atomic E-state index is 12.6. The largest absolute Gasteiger partial charge is 0.496 e. The van der Waals surface area contributed by atoms with Crippen molar-refractivity contribution in [1.29, 1.82) is 0 Å². The summed E-state index contributed by atoms with van der Waals surface area (Å²) in [4.78, 5) is 5.22. The normalized spacial score (nSPS) is 11.9. The Balaban J connectivity index is 2.16. The van der Waals surface area contributed by atoms with Crippen molar-refractivity contribution in [3.63, 3.8) is 0 Å². The van der Waals surface area contributed by atoms with Crippen LogP contribution in [0.1, 0.15) is 18.1 Å². The second-order valence-electron chi connectivity index (χ2n) is 5.16. The predicted molar refractivity (Wildman–Crippen MR) is 79.1 cm³/mol. The number of hydrogen-bond donors (Lipinski definition) is 0. The number of aromatic nitrogens is 3. The molecule has 1 heterocycles. The maximum Gasteiger partial charge on any atom is 0.401 e. The topological polar surface area (TPSA) is 43.2 Å². The zero-order chi connectivity index (χ0) is 16.9. The van der Waals surface area contributed by atoms with E-state index in [0.29, 0.717) is 18.8 Å². The summed E-state index contributed by atoms with van der Waals surface area (Å²) in [7, 11) is 1.56. The highest BCUT2D eigenvalue weighted by Gasteiger charge is 2.30. The summed E-state index contributed by atoms with van der Waals surface area (Å²) >= 11 is 0. The zero-order valence-electron chi connectivity index (χ0n) is 13.0. The number of rotatable bonds is 7. The third-order valence-electron chi connectivity index (χ3n) is 3.40. The van der Waals surface area contributed by atoms with Crippen molar-refractivity contribution >= 4 is 0 Å². The monoisotopic (exact) mass is 328 g/mol. The summed E-state index contributed by atoms with van der Waals surface area (Å²) in [5.41, 5.74) is 1.64. The van der Waals surface area contributed by atoms with E-state index in [1.165, 1.54) is 11.2 Å². The molecule has 0 radical (unpaired) electrons. The standard InChI is InChI=1S/C15H19F3N4O/c1-3-21(9-15(16,17)18)7-12-4-5-14(23-2)13(6-12)8-22-11-19-10-20-22/h4-6,10-11H,3,7-9H2,1-2H3. The molecule has 0 fully saturated rings. The highest BCUT2D eigenvalue weighted by atomic mass is 19.4. The van der Waals surface area contributed by atoms with Crippen LogP contribution in [0.5, 0.6) is 5.75 Å². The molecule has 2 aromatic rings. The van der Waals surface area contributed by atoms with Crippen molar-refractivity contribution < 1.29 is 17.9 Å². The van der Waals surface area contributed by atoms with Gasteiger partial charge in [-0.25, -0.2) is 9.67 Å². The molecule has 0 aliphatic rings. The molecule has 0 saturated heterocycles. The van der Waals surface area contributed by atoms with E-state index in [1.807, 2.05) is 6.07 Å². The van der Waals surface area contributed by atoms with Gasteiger partial charge >= 0.3 is 6.18 Å². The molecule has 23 heavy (non-hydrogen) atoms. The third kappa shape index (κ3) is 5.24. The Morgan fingerprint density at radius 3 is 2.65 bits per heavy atom. The van der Waals surface area contributed by atoms with Gasteiger partial charge in [-0.05, 0) is 24.2 Å². The average molecular weight is 328 g/mol. The minimum atomic E-state index is -4.20. The van der Waals surface area contributed by atoms with Crippen molar-refractivity contribution in [2.75, 3.05) is 20.2 Å². The summed E-state index contributed by atoms with van der Waals surface area (Å²) in [5.74, 6) is 0.670. The smallest absolute Gasteiger partial charge is 0.401 e. The molecule has 0 saturated carbocycles. The second-order valence-corrected chi connectivity index (χ2v) is 5.16. The van der Waals surface area contributed by atoms with E-state index in [2.05, 4.69) is 10.1 Å². The second kappa shape index (κ2) is 7.45. The van der Waals surface area contributed by atoms with Gasteiger partial charge in [0, 0.05) is 12.1 Å². The Kier molecular flexibility index (Phi) is 5.59. The van der Waals surface area contributed by atoms with Gasteiger partial charge in [-0.1, -0.05) is 13.0 Å². The number of nitrogens with zero attached hydrogens (tertiary/aromatic N) is 4. The van der Waals surface area contributed by atoms with Gasteiger partial charge in [0.1, 0.15) is 18.4 Å². The number of halogens is 3. The minimum absolute atomic E-state index is 0.227. The molecule has 0 amide bonds. The zero-order valence-corrected chi connectivity index (χ0v) is 13.0. The molecular weight excluding hydrogens is 309 g/mol. The van der Waals surface area contributed by atoms with Crippen LogP contribution in [0.2, 0.25) is 0 Å². The highest BCUT2D eigenvalue weighted by molar-refractivity contribution is 5.37. The van der Waals surface area contributed by atoms with Gasteiger partial charge in [-0.2, -0.15) is 18.3 Å². The molecule has 1 aromatic carbocycles. The van der Waals surface area contributed by atoms with Crippen LogP contribution in [0.15, 0.2) is 30.9 Å². The van der Waals surface area contributed by atoms with Crippen LogP contribution in [-0.2, 0) is 13.1 Å². The van der Waals surface area contributed by atoms with Crippen molar-refractivity contribution in [1.82, 2.24) is 19.7 Å². The van der Waals surface area contributed by atoms with Crippen LogP contribution in [0, 0.1) is 0 Å². The fourth-order valence-corrected chi connectivity index (χ4v) is 2.33. The maximum atomic E-state index is 12.6. The van der Waals surface area contributed by atoms with Crippen molar-refractivity contribution in [2.45, 2.75) is 26.2 Å². The van der Waals surface area contributed by atoms with Gasteiger partial charge < -0.3 is 4.74 Å². The van der Waals surface area contributed by atoms with Crippen LogP contribution < -0.4 is 4.74 Å². The van der Waals surface area contributed by atoms with Crippen LogP contribution >= 0.6 is 0 Å². The quantitative estimate of drug-likeness (QED) is 0.784. The Morgan fingerprint density at radius 1 is 1.30 bits per heavy atom. The van der Waals surface area contributed by atoms with Crippen molar-refractivity contribution in [2.24, 2.45) is 0 Å². The minimum Gasteiger partial charge on any atom is -0.496 e. The first-order chi connectivity index (χ1) is 10.9. The molecule has 0 aliphatic heterocycles. The number of alkyl halides is 3. The number of benzene rings is 1. The first-order valence-corrected chi connectivity index (χ1v) is 7.18. The van der Waals surface area contributed by atoms with E-state index < -0.39 is 12.7 Å². The van der Waals surface area contributed by atoms with Gasteiger partial charge in [-0.3, -0.25) is 4.90 Å². The number of hydrogen-bond acceptors (Lipinski definition) is 4. The van der Waals surface area contributed by atoms with E-state index >= 15 is 0 Å². The van der Waals surface area contributed by atoms with Crippen LogP contribution in [-0.4, -0.2) is 46.0 Å². The number of ether oxygens (including phenoxy) is 1. The molecule has 0 aliphatic carbocycles. The third-order valence-corrected chi connectivity index (χ3v) is 3.40. The van der Waals surface area contributed by atoms with E-state index in [1.54, 1.807) is 37.2 Å². The summed E-state index contributed by atoms with van der Waals surface area (Å²) < 4.78 is 44.6. The fraction of sp³-hybridized carbons (Fsp3) is 0.467. The molecule has 0 bridgehead atoms. The van der Waals surface area contributed by atoms with E-state index in [9.17, 15) is 13.2 Å². The fourth-order valence-electron chi connectivity index (χ4n) is 2.33. The van der Waals surface area contributed by atoms with Crippen molar-refractivity contribution in [3.8, 4) is 5.75 Å². The predicted octanol–water partition coefficient (Wildman–Crippen LogP) is 2.72. The first-order valence-electron chi connectivity index (χ1n) is 7.18. The summed E-state index contributed by atoms with van der Waals surface area (Å²) in [6.45, 7) is 1.79. The Morgan fingerprint density at radius 2 is 2.09 bits per heavy atom. The molecule has 126 valence electrons. The Labute approximate surface area is 132 Å². The number of methoxy groups -OCH3 is 1. The van der Waals surface area contributed by atoms with Gasteiger partial charge in [0.2, 0.25) is 0 Å². The molecule has 8 heteroatoms. The van der Waals surface area contributed by atoms with Crippen LogP contribution in [0.25, 0.3) is 0 Å². The van der Waals surface area contributed by atoms with Gasteiger partial charge in [0.15, 0.2) is 0 Å². The summed E-state index contributed by atoms with van der Waals surface area (Å²) in [6.07, 6.45) is -1.20. The van der Waals surface area contributed by atoms with E-state index in [4.69, 9.17) is 4.74 Å². The SMILES string of the molecule is CCN(Cc1ccc(OC)c(Cn2cncn2)c1)CC(F)(F)F. The highest BCUT2D eigenvalue weighted by Crippen LogP contribution is 2.23. The lowest BCUT2D eigenvalue weighted by Crippen LogP contribution is -2.33. The molecule has 1 aromatic heterocycles. The van der Waals surface area contributed by atoms with E-state index in [0.717, 1.165) is 11.1 Å². The van der Waals surface area contributed by atoms with Crippen LogP contribution in [0.4, 0.5) is 13.2 Å². The summed E-state index contributed by atoms with van der Waals surface area (Å²) in [6, 6.07) is 5.39. The van der Waals surface area contributed by atoms with Gasteiger partial charge in [0.05, 0.1) is 20.2 Å². The molecular formula is C15H19F3N4O. The first kappa shape index (κ1) is 17.3. The molecule has 0 atom stereocenters.